The van der Waals surface area contributed by atoms with Crippen LogP contribution in [0, 0.1) is 5.92 Å². The van der Waals surface area contributed by atoms with Gasteiger partial charge in [-0.05, 0) is 37.6 Å². The van der Waals surface area contributed by atoms with E-state index in [2.05, 4.69) is 44.9 Å². The summed E-state index contributed by atoms with van der Waals surface area (Å²) < 4.78 is 8.00. The Hall–Kier alpha value is -3.19. The number of aliphatic imine (C=N–C) groups is 2. The van der Waals surface area contributed by atoms with E-state index in [1.807, 2.05) is 47.5 Å². The van der Waals surface area contributed by atoms with Crippen molar-refractivity contribution in [2.75, 3.05) is 18.4 Å². The van der Waals surface area contributed by atoms with Gasteiger partial charge in [-0.15, -0.1) is 0 Å². The number of benzene rings is 1. The zero-order valence-corrected chi connectivity index (χ0v) is 16.4. The maximum Gasteiger partial charge on any atom is 0.153 e. The van der Waals surface area contributed by atoms with Crippen LogP contribution in [-0.4, -0.2) is 40.5 Å². The van der Waals surface area contributed by atoms with Gasteiger partial charge in [0.15, 0.2) is 5.84 Å². The molecule has 0 aliphatic carbocycles. The van der Waals surface area contributed by atoms with Gasteiger partial charge in [-0.1, -0.05) is 12.1 Å². The lowest BCUT2D eigenvalue weighted by Crippen LogP contribution is -2.29. The largest absolute Gasteiger partial charge is 0.489 e. The molecule has 2 unspecified atom stereocenters. The third-order valence-corrected chi connectivity index (χ3v) is 5.40. The van der Waals surface area contributed by atoms with E-state index in [4.69, 9.17) is 4.74 Å². The van der Waals surface area contributed by atoms with E-state index in [9.17, 15) is 0 Å². The second-order valence-corrected chi connectivity index (χ2v) is 7.37. The molecule has 0 saturated carbocycles. The second-order valence-electron chi connectivity index (χ2n) is 7.37. The molecule has 2 N–H and O–H groups in total. The summed E-state index contributed by atoms with van der Waals surface area (Å²) >= 11 is 0. The number of rotatable bonds is 5. The molecular formula is C22H24N6O. The minimum absolute atomic E-state index is 0.0912. The lowest BCUT2D eigenvalue weighted by molar-refractivity contribution is 0.223. The highest BCUT2D eigenvalue weighted by atomic mass is 16.5. The first-order valence-corrected chi connectivity index (χ1v) is 10.1. The summed E-state index contributed by atoms with van der Waals surface area (Å²) in [5, 5.41) is 11.1. The number of aryl methyl sites for hydroxylation is 1. The molecule has 7 nitrogen and oxygen atoms in total. The van der Waals surface area contributed by atoms with E-state index in [0.717, 1.165) is 60.2 Å². The standard InChI is InChI=1S/C22H24N6O/c1-2-28-14-15(11-26-28)20-13-25-21-19(20)7-9-24-22(21)27-16-4-3-5-17(10-16)29-18-6-8-23-12-18/h3-5,7,9-11,13-14,18-19,23H,2,6,8,12H2,1H3,(H,24,27). The van der Waals surface area contributed by atoms with Crippen LogP contribution >= 0.6 is 0 Å². The fourth-order valence-electron chi connectivity index (χ4n) is 3.86. The number of hydrogen-bond acceptors (Lipinski definition) is 6. The topological polar surface area (TPSA) is 75.8 Å². The number of anilines is 1. The Bertz CT molecular complexity index is 1030. The minimum atomic E-state index is 0.0912. The molecule has 1 saturated heterocycles. The normalized spacial score (nSPS) is 22.7. The van der Waals surface area contributed by atoms with Crippen LogP contribution in [0.5, 0.6) is 5.75 Å². The molecule has 3 aliphatic rings. The lowest BCUT2D eigenvalue weighted by atomic mass is 9.91. The highest BCUT2D eigenvalue weighted by Gasteiger charge is 2.30. The van der Waals surface area contributed by atoms with Crippen LogP contribution in [0.25, 0.3) is 5.57 Å². The Morgan fingerprint density at radius 1 is 1.31 bits per heavy atom. The zero-order chi connectivity index (χ0) is 19.6. The van der Waals surface area contributed by atoms with Crippen molar-refractivity contribution in [1.29, 1.82) is 0 Å². The molecular weight excluding hydrogens is 364 g/mol. The first-order valence-electron chi connectivity index (χ1n) is 10.1. The van der Waals surface area contributed by atoms with E-state index in [-0.39, 0.29) is 12.0 Å². The van der Waals surface area contributed by atoms with Crippen LogP contribution in [0.4, 0.5) is 5.69 Å². The molecule has 0 radical (unpaired) electrons. The number of ether oxygens (including phenoxy) is 1. The van der Waals surface area contributed by atoms with Gasteiger partial charge in [0.2, 0.25) is 0 Å². The molecule has 7 heteroatoms. The molecule has 0 amide bonds. The number of aromatic nitrogens is 2. The summed E-state index contributed by atoms with van der Waals surface area (Å²) in [5.74, 6) is 1.73. The number of nitrogens with zero attached hydrogens (tertiary/aromatic N) is 4. The maximum atomic E-state index is 6.07. The van der Waals surface area contributed by atoms with Crippen molar-refractivity contribution in [3.8, 4) is 5.75 Å². The minimum Gasteiger partial charge on any atom is -0.489 e. The van der Waals surface area contributed by atoms with E-state index in [1.165, 1.54) is 0 Å². The monoisotopic (exact) mass is 388 g/mol. The van der Waals surface area contributed by atoms with Gasteiger partial charge in [-0.3, -0.25) is 9.67 Å². The Morgan fingerprint density at radius 2 is 2.28 bits per heavy atom. The number of nitrogens with one attached hydrogen (secondary N) is 2. The first kappa shape index (κ1) is 17.9. The van der Waals surface area contributed by atoms with Crippen molar-refractivity contribution in [1.82, 2.24) is 15.1 Å². The lowest BCUT2D eigenvalue weighted by Gasteiger charge is -2.19. The van der Waals surface area contributed by atoms with E-state index < -0.39 is 0 Å². The summed E-state index contributed by atoms with van der Waals surface area (Å²) in [4.78, 5) is 9.21. The third-order valence-electron chi connectivity index (χ3n) is 5.40. The SMILES string of the molecule is CCn1cc(C2=CN=C3C(Nc4cccc(OC5CCNC5)c4)=NC=CC23)cn1. The molecule has 0 bridgehead atoms. The third kappa shape index (κ3) is 3.61. The summed E-state index contributed by atoms with van der Waals surface area (Å²) in [6, 6.07) is 8.02. The predicted octanol–water partition coefficient (Wildman–Crippen LogP) is 3.09. The van der Waals surface area contributed by atoms with Crippen LogP contribution in [0.1, 0.15) is 18.9 Å². The van der Waals surface area contributed by atoms with Crippen molar-refractivity contribution in [3.63, 3.8) is 0 Å². The molecule has 1 aromatic carbocycles. The number of fused-ring (bicyclic) bond motifs is 1. The molecule has 1 aromatic heterocycles. The summed E-state index contributed by atoms with van der Waals surface area (Å²) in [5.41, 5.74) is 4.12. The fraction of sp³-hybridized carbons (Fsp3) is 0.318. The van der Waals surface area contributed by atoms with Crippen LogP contribution in [-0.2, 0) is 6.54 Å². The highest BCUT2D eigenvalue weighted by Crippen LogP contribution is 2.33. The van der Waals surface area contributed by atoms with E-state index in [1.54, 1.807) is 0 Å². The molecule has 148 valence electrons. The first-order chi connectivity index (χ1) is 14.3. The van der Waals surface area contributed by atoms with Gasteiger partial charge in [-0.2, -0.15) is 5.10 Å². The molecule has 2 aromatic rings. The van der Waals surface area contributed by atoms with Crippen molar-refractivity contribution in [3.05, 3.63) is 60.7 Å². The molecule has 5 rings (SSSR count). The maximum absolute atomic E-state index is 6.07. The molecule has 4 heterocycles. The van der Waals surface area contributed by atoms with Crippen molar-refractivity contribution >= 4 is 22.8 Å². The van der Waals surface area contributed by atoms with Gasteiger partial charge < -0.3 is 15.4 Å². The van der Waals surface area contributed by atoms with Crippen molar-refractivity contribution in [2.45, 2.75) is 26.0 Å². The quantitative estimate of drug-likeness (QED) is 0.825. The zero-order valence-electron chi connectivity index (χ0n) is 16.4. The Balaban J connectivity index is 1.30. The van der Waals surface area contributed by atoms with Crippen molar-refractivity contribution < 1.29 is 4.74 Å². The predicted molar refractivity (Wildman–Crippen MR) is 115 cm³/mol. The van der Waals surface area contributed by atoms with Gasteiger partial charge in [-0.25, -0.2) is 4.99 Å². The summed E-state index contributed by atoms with van der Waals surface area (Å²) in [6.45, 7) is 4.85. The smallest absolute Gasteiger partial charge is 0.153 e. The number of hydrogen-bond donors (Lipinski definition) is 2. The summed E-state index contributed by atoms with van der Waals surface area (Å²) in [7, 11) is 0. The van der Waals surface area contributed by atoms with Gasteiger partial charge in [0, 0.05) is 49.0 Å². The van der Waals surface area contributed by atoms with Crippen LogP contribution in [0.2, 0.25) is 0 Å². The molecule has 3 aliphatic heterocycles. The van der Waals surface area contributed by atoms with Crippen LogP contribution < -0.4 is 15.4 Å². The molecule has 1 fully saturated rings. The highest BCUT2D eigenvalue weighted by molar-refractivity contribution is 6.49. The Labute approximate surface area is 169 Å². The van der Waals surface area contributed by atoms with Crippen LogP contribution in [0.3, 0.4) is 0 Å². The molecule has 2 atom stereocenters. The number of amidine groups is 1. The van der Waals surface area contributed by atoms with Gasteiger partial charge >= 0.3 is 0 Å². The van der Waals surface area contributed by atoms with Gasteiger partial charge in [0.1, 0.15) is 11.9 Å². The van der Waals surface area contributed by atoms with Crippen molar-refractivity contribution in [2.24, 2.45) is 15.9 Å². The average molecular weight is 388 g/mol. The van der Waals surface area contributed by atoms with Gasteiger partial charge in [0.05, 0.1) is 17.8 Å². The molecule has 0 spiro atoms. The number of allylic oxidation sites excluding steroid dienone is 2. The van der Waals surface area contributed by atoms with Gasteiger partial charge in [0.25, 0.3) is 0 Å². The van der Waals surface area contributed by atoms with Crippen LogP contribution in [0.15, 0.2) is 65.1 Å². The van der Waals surface area contributed by atoms with E-state index >= 15 is 0 Å². The Kier molecular flexibility index (Phi) is 4.73. The fourth-order valence-corrected chi connectivity index (χ4v) is 3.86. The van der Waals surface area contributed by atoms with E-state index in [0.29, 0.717) is 0 Å². The second kappa shape index (κ2) is 7.67. The summed E-state index contributed by atoms with van der Waals surface area (Å²) in [6.07, 6.45) is 11.1. The Morgan fingerprint density at radius 3 is 3.10 bits per heavy atom. The molecule has 29 heavy (non-hydrogen) atoms. The average Bonchev–Trinajstić information content (AvgIpc) is 3.49.